The molecule has 0 spiro atoms. The number of aromatic nitrogens is 2. The number of rotatable bonds is 3. The van der Waals surface area contributed by atoms with E-state index in [1.54, 1.807) is 12.3 Å². The van der Waals surface area contributed by atoms with Crippen LogP contribution in [0.25, 0.3) is 11.0 Å². The summed E-state index contributed by atoms with van der Waals surface area (Å²) in [5.74, 6) is 0.874. The Hall–Kier alpha value is -1.69. The largest absolute Gasteiger partial charge is 0.327 e. The van der Waals surface area contributed by atoms with Crippen LogP contribution >= 0.6 is 22.6 Å². The van der Waals surface area contributed by atoms with E-state index in [4.69, 9.17) is 1.37 Å². The molecule has 3 rings (SSSR count). The molecule has 0 N–H and O–H groups in total. The highest BCUT2D eigenvalue weighted by molar-refractivity contribution is 14.1. The van der Waals surface area contributed by atoms with Crippen LogP contribution < -0.4 is 4.90 Å². The average molecular weight is 422 g/mol. The Morgan fingerprint density at radius 2 is 1.70 bits per heavy atom. The van der Waals surface area contributed by atoms with Gasteiger partial charge in [-0.25, -0.2) is 4.98 Å². The van der Waals surface area contributed by atoms with Crippen LogP contribution in [-0.4, -0.2) is 21.4 Å². The average Bonchev–Trinajstić information content (AvgIpc) is 2.66. The lowest BCUT2D eigenvalue weighted by Gasteiger charge is -2.22. The highest BCUT2D eigenvalue weighted by atomic mass is 127. The van der Waals surface area contributed by atoms with E-state index in [9.17, 15) is 0 Å². The number of benzene rings is 1. The first-order valence-corrected chi connectivity index (χ1v) is 9.87. The van der Waals surface area contributed by atoms with Gasteiger partial charge in [-0.05, 0) is 48.2 Å². The second-order valence-electron chi connectivity index (χ2n) is 4.22. The van der Waals surface area contributed by atoms with Crippen molar-refractivity contribution in [2.45, 2.75) is 20.8 Å². The monoisotopic (exact) mass is 422 g/mol. The standard InChI is InChI=1S/C16H15N3.C2H6.CH3I/c1-2-19(13-7-4-3-5-8-13)16-11-10-14-15(18-16)9-6-12-17-14;2*1-2/h3-12H,2H2,1H3;1-2H3;1H3/i6D;;. The van der Waals surface area contributed by atoms with Gasteiger partial charge in [0.2, 0.25) is 0 Å². The van der Waals surface area contributed by atoms with Crippen molar-refractivity contribution >= 4 is 45.1 Å². The van der Waals surface area contributed by atoms with Gasteiger partial charge in [-0.2, -0.15) is 0 Å². The molecule has 0 fully saturated rings. The third kappa shape index (κ3) is 5.16. The van der Waals surface area contributed by atoms with Crippen LogP contribution in [0.4, 0.5) is 11.5 Å². The Morgan fingerprint density at radius 1 is 1.00 bits per heavy atom. The summed E-state index contributed by atoms with van der Waals surface area (Å²) in [4.78, 5) is 12.9. The maximum Gasteiger partial charge on any atom is 0.133 e. The highest BCUT2D eigenvalue weighted by Gasteiger charge is 2.08. The van der Waals surface area contributed by atoms with E-state index in [0.29, 0.717) is 6.04 Å². The molecule has 23 heavy (non-hydrogen) atoms. The minimum absolute atomic E-state index is 0.380. The summed E-state index contributed by atoms with van der Waals surface area (Å²) >= 11 is 2.15. The number of halogens is 1. The number of fused-ring (bicyclic) bond motifs is 1. The molecule has 0 unspecified atom stereocenters. The molecule has 3 nitrogen and oxygen atoms in total. The van der Waals surface area contributed by atoms with Crippen molar-refractivity contribution in [3.63, 3.8) is 0 Å². The van der Waals surface area contributed by atoms with Gasteiger partial charge >= 0.3 is 0 Å². The fraction of sp³-hybridized carbons (Fsp3) is 0.263. The number of alkyl halides is 1. The molecule has 0 bridgehead atoms. The fourth-order valence-electron chi connectivity index (χ4n) is 2.13. The van der Waals surface area contributed by atoms with Gasteiger partial charge in [-0.3, -0.25) is 4.98 Å². The van der Waals surface area contributed by atoms with Gasteiger partial charge in [0.05, 0.1) is 12.4 Å². The fourth-order valence-corrected chi connectivity index (χ4v) is 2.13. The third-order valence-corrected chi connectivity index (χ3v) is 3.05. The van der Waals surface area contributed by atoms with Gasteiger partial charge in [0.25, 0.3) is 0 Å². The van der Waals surface area contributed by atoms with E-state index < -0.39 is 0 Å². The van der Waals surface area contributed by atoms with E-state index >= 15 is 0 Å². The van der Waals surface area contributed by atoms with Gasteiger partial charge in [0.1, 0.15) is 5.82 Å². The smallest absolute Gasteiger partial charge is 0.133 e. The molecule has 0 saturated heterocycles. The molecule has 0 amide bonds. The van der Waals surface area contributed by atoms with E-state index in [-0.39, 0.29) is 0 Å². The first-order chi connectivity index (χ1) is 11.8. The Labute approximate surface area is 154 Å². The molecule has 4 heteroatoms. The van der Waals surface area contributed by atoms with Crippen LogP contribution in [0.5, 0.6) is 0 Å². The Bertz CT molecular complexity index is 735. The van der Waals surface area contributed by atoms with Crippen LogP contribution in [0, 0.1) is 0 Å². The molecule has 3 aromatic rings. The number of nitrogens with zero attached hydrogens (tertiary/aromatic N) is 3. The van der Waals surface area contributed by atoms with Crippen LogP contribution in [0.3, 0.4) is 0 Å². The number of anilines is 2. The van der Waals surface area contributed by atoms with E-state index in [1.807, 2.05) is 49.1 Å². The normalized spacial score (nSPS) is 9.87. The molecular formula is C19H24IN3. The molecule has 2 aromatic heterocycles. The van der Waals surface area contributed by atoms with Crippen LogP contribution in [0.15, 0.2) is 60.8 Å². The molecule has 122 valence electrons. The number of hydrogen-bond acceptors (Lipinski definition) is 3. The van der Waals surface area contributed by atoms with E-state index in [2.05, 4.69) is 56.5 Å². The van der Waals surface area contributed by atoms with E-state index in [0.717, 1.165) is 29.1 Å². The molecule has 0 saturated carbocycles. The molecule has 0 aliphatic rings. The predicted octanol–water partition coefficient (Wildman–Crippen LogP) is 5.87. The summed E-state index contributed by atoms with van der Waals surface area (Å²) in [5.41, 5.74) is 2.68. The first-order valence-electron chi connectivity index (χ1n) is 8.21. The maximum atomic E-state index is 7.65. The highest BCUT2D eigenvalue weighted by Crippen LogP contribution is 2.24. The van der Waals surface area contributed by atoms with Crippen molar-refractivity contribution in [1.29, 1.82) is 0 Å². The second kappa shape index (κ2) is 10.9. The summed E-state index contributed by atoms with van der Waals surface area (Å²) < 4.78 is 7.65. The quantitative estimate of drug-likeness (QED) is 0.391. The summed E-state index contributed by atoms with van der Waals surface area (Å²) in [6.45, 7) is 6.93. The van der Waals surface area contributed by atoms with Gasteiger partial charge in [-0.1, -0.05) is 54.6 Å². The first kappa shape index (κ1) is 17.7. The summed E-state index contributed by atoms with van der Waals surface area (Å²) in [5, 5.41) is 0. The minimum Gasteiger partial charge on any atom is -0.327 e. The molecule has 0 atom stereocenters. The van der Waals surface area contributed by atoms with E-state index in [1.165, 1.54) is 0 Å². The molecule has 0 aliphatic carbocycles. The summed E-state index contributed by atoms with van der Waals surface area (Å²) in [6.07, 6.45) is 1.54. The molecule has 0 aliphatic heterocycles. The van der Waals surface area contributed by atoms with Crippen molar-refractivity contribution in [3.05, 3.63) is 60.8 Å². The summed E-state index contributed by atoms with van der Waals surface area (Å²) in [6, 6.07) is 16.2. The Balaban J connectivity index is 0.000000671. The topological polar surface area (TPSA) is 29.0 Å². The van der Waals surface area contributed by atoms with Crippen LogP contribution in [-0.2, 0) is 0 Å². The van der Waals surface area contributed by atoms with Crippen LogP contribution in [0.1, 0.15) is 22.1 Å². The summed E-state index contributed by atoms with van der Waals surface area (Å²) in [7, 11) is 0. The Morgan fingerprint density at radius 3 is 2.35 bits per heavy atom. The van der Waals surface area contributed by atoms with Crippen molar-refractivity contribution in [2.24, 2.45) is 0 Å². The number of para-hydroxylation sites is 1. The Kier molecular flexibility index (Phi) is 8.40. The zero-order valence-electron chi connectivity index (χ0n) is 15.1. The van der Waals surface area contributed by atoms with Gasteiger partial charge < -0.3 is 4.90 Å². The molecule has 0 radical (unpaired) electrons. The SMILES string of the molecule is CC.CI.[2H]c1cnc2ccc(N(CC)c3ccccc3)nc2c1. The lowest BCUT2D eigenvalue weighted by Crippen LogP contribution is -2.17. The van der Waals surface area contributed by atoms with Crippen molar-refractivity contribution < 1.29 is 1.37 Å². The zero-order valence-corrected chi connectivity index (χ0v) is 16.3. The van der Waals surface area contributed by atoms with Gasteiger partial charge in [-0.15, -0.1) is 0 Å². The number of pyridine rings is 2. The van der Waals surface area contributed by atoms with Crippen molar-refractivity contribution in [2.75, 3.05) is 16.4 Å². The second-order valence-corrected chi connectivity index (χ2v) is 4.22. The maximum absolute atomic E-state index is 7.65. The van der Waals surface area contributed by atoms with Gasteiger partial charge in [0.15, 0.2) is 0 Å². The number of hydrogen-bond donors (Lipinski definition) is 0. The molecular weight excluding hydrogens is 397 g/mol. The predicted molar refractivity (Wildman–Crippen MR) is 110 cm³/mol. The van der Waals surface area contributed by atoms with Crippen molar-refractivity contribution in [3.8, 4) is 0 Å². The lowest BCUT2D eigenvalue weighted by atomic mass is 10.2. The third-order valence-electron chi connectivity index (χ3n) is 3.05. The van der Waals surface area contributed by atoms with Crippen molar-refractivity contribution in [1.82, 2.24) is 9.97 Å². The molecule has 1 aromatic carbocycles. The minimum atomic E-state index is 0.380. The zero-order chi connectivity index (χ0) is 17.9. The van der Waals surface area contributed by atoms with Gasteiger partial charge in [0, 0.05) is 18.4 Å². The molecule has 2 heterocycles. The lowest BCUT2D eigenvalue weighted by molar-refractivity contribution is 0.996. The van der Waals surface area contributed by atoms with Crippen LogP contribution in [0.2, 0.25) is 0 Å².